The molecule has 0 aromatic heterocycles. The van der Waals surface area contributed by atoms with Crippen LogP contribution in [0.5, 0.6) is 0 Å². The number of hydrogen-bond donors (Lipinski definition) is 0. The Morgan fingerprint density at radius 3 is 0.593 bits per heavy atom. The van der Waals surface area contributed by atoms with Gasteiger partial charge in [-0.05, 0) is 25.9 Å². The first-order valence-corrected chi connectivity index (χ1v) is 25.1. The van der Waals surface area contributed by atoms with Gasteiger partial charge in [0, 0.05) is 6.54 Å². The molecule has 0 amide bonds. The number of nitrogens with zero attached hydrogens (tertiary/aromatic N) is 1. The fraction of sp³-hybridized carbons (Fsp3) is 0.980. The van der Waals surface area contributed by atoms with Crippen molar-refractivity contribution in [1.29, 1.82) is 0 Å². The van der Waals surface area contributed by atoms with E-state index in [4.69, 9.17) is 0 Å². The number of rotatable bonds is 48. The van der Waals surface area contributed by atoms with Crippen molar-refractivity contribution < 1.29 is 28.8 Å². The van der Waals surface area contributed by atoms with Gasteiger partial charge >= 0.3 is 18.9 Å². The van der Waals surface area contributed by atoms with E-state index in [9.17, 15) is 9.90 Å². The van der Waals surface area contributed by atoms with Gasteiger partial charge in [0.25, 0.3) is 0 Å². The molecule has 0 heterocycles. The van der Waals surface area contributed by atoms with Gasteiger partial charge in [0.15, 0.2) is 0 Å². The molecule has 3 nitrogen and oxygen atoms in total. The smallest absolute Gasteiger partial charge is 0.549 e. The zero-order valence-electron chi connectivity index (χ0n) is 38.0. The summed E-state index contributed by atoms with van der Waals surface area (Å²) in [5, 5.41) is 11.3. The molecule has 0 radical (unpaired) electrons. The van der Waals surface area contributed by atoms with Crippen molar-refractivity contribution in [3.8, 4) is 0 Å². The van der Waals surface area contributed by atoms with Crippen molar-refractivity contribution in [1.82, 2.24) is 4.90 Å². The van der Waals surface area contributed by atoms with Crippen LogP contribution in [0.4, 0.5) is 0 Å². The predicted octanol–water partition coefficient (Wildman–Crippen LogP) is 13.2. The van der Waals surface area contributed by atoms with E-state index in [2.05, 4.69) is 18.7 Å². The maximum absolute atomic E-state index is 11.3. The molecule has 0 bridgehead atoms. The second-order valence-corrected chi connectivity index (χ2v) is 17.5. The molecular formula is C50H100LiNO2. The van der Waals surface area contributed by atoms with Gasteiger partial charge in [-0.15, -0.1) is 0 Å². The Morgan fingerprint density at radius 2 is 0.444 bits per heavy atom. The molecule has 0 unspecified atom stereocenters. The van der Waals surface area contributed by atoms with Gasteiger partial charge in [-0.3, -0.25) is 4.90 Å². The van der Waals surface area contributed by atoms with E-state index < -0.39 is 5.97 Å². The Morgan fingerprint density at radius 1 is 0.296 bits per heavy atom. The quantitative estimate of drug-likeness (QED) is 0.0459. The van der Waals surface area contributed by atoms with Crippen molar-refractivity contribution in [2.24, 2.45) is 0 Å². The van der Waals surface area contributed by atoms with Gasteiger partial charge in [0.05, 0.1) is 5.97 Å². The van der Waals surface area contributed by atoms with Gasteiger partial charge in [0.1, 0.15) is 0 Å². The van der Waals surface area contributed by atoms with Crippen LogP contribution in [0.25, 0.3) is 0 Å². The van der Waals surface area contributed by atoms with E-state index in [0.717, 1.165) is 25.9 Å². The molecule has 0 rings (SSSR count). The first-order chi connectivity index (χ1) is 26.2. The van der Waals surface area contributed by atoms with Gasteiger partial charge < -0.3 is 9.90 Å². The maximum Gasteiger partial charge on any atom is 1.00 e. The van der Waals surface area contributed by atoms with Crippen LogP contribution in [0.3, 0.4) is 0 Å². The topological polar surface area (TPSA) is 43.4 Å². The van der Waals surface area contributed by atoms with Crippen LogP contribution >= 0.6 is 0 Å². The van der Waals surface area contributed by atoms with Crippen molar-refractivity contribution in [3.05, 3.63) is 0 Å². The molecule has 0 saturated heterocycles. The number of carbonyl (C=O) groups excluding carboxylic acids is 1. The second kappa shape index (κ2) is 51.0. The number of unbranched alkanes of at least 4 members (excludes halogenated alkanes) is 42. The minimum atomic E-state index is -0.914. The summed E-state index contributed by atoms with van der Waals surface area (Å²) in [6, 6.07) is 0. The summed E-state index contributed by atoms with van der Waals surface area (Å²) in [4.78, 5) is 13.4. The summed E-state index contributed by atoms with van der Waals surface area (Å²) >= 11 is 0. The fourth-order valence-corrected chi connectivity index (χ4v) is 8.34. The average molecular weight is 754 g/mol. The molecule has 0 spiro atoms. The number of carboxylic acid groups (broad SMARTS) is 1. The molecule has 4 heteroatoms. The van der Waals surface area contributed by atoms with Gasteiger partial charge in [-0.25, -0.2) is 0 Å². The van der Waals surface area contributed by atoms with Crippen LogP contribution in [0, 0.1) is 0 Å². The van der Waals surface area contributed by atoms with E-state index in [1.807, 2.05) is 0 Å². The third-order valence-corrected chi connectivity index (χ3v) is 12.0. The molecule has 0 aliphatic rings. The third kappa shape index (κ3) is 50.0. The molecule has 318 valence electrons. The van der Waals surface area contributed by atoms with Crippen LogP contribution in [-0.4, -0.2) is 30.5 Å². The monoisotopic (exact) mass is 754 g/mol. The number of aliphatic carboxylic acids is 1. The molecular weight excluding hydrogens is 653 g/mol. The van der Waals surface area contributed by atoms with Gasteiger partial charge in [-0.2, -0.15) is 0 Å². The first kappa shape index (κ1) is 56.1. The summed E-state index contributed by atoms with van der Waals surface area (Å²) in [7, 11) is 0. The van der Waals surface area contributed by atoms with E-state index >= 15 is 0 Å². The fourth-order valence-electron chi connectivity index (χ4n) is 8.34. The summed E-state index contributed by atoms with van der Waals surface area (Å²) in [5.74, 6) is -0.914. The molecule has 0 aliphatic heterocycles. The van der Waals surface area contributed by atoms with Crippen LogP contribution in [0.1, 0.15) is 296 Å². The molecule has 0 fully saturated rings. The summed E-state index contributed by atoms with van der Waals surface area (Å²) < 4.78 is 0. The van der Waals surface area contributed by atoms with Gasteiger partial charge in [0.2, 0.25) is 0 Å². The zero-order valence-corrected chi connectivity index (χ0v) is 38.0. The van der Waals surface area contributed by atoms with Crippen molar-refractivity contribution in [3.63, 3.8) is 0 Å². The number of carbonyl (C=O) groups is 1. The molecule has 54 heavy (non-hydrogen) atoms. The minimum Gasteiger partial charge on any atom is -0.549 e. The molecule has 0 aromatic rings. The normalized spacial score (nSPS) is 11.5. The maximum atomic E-state index is 11.3. The van der Waals surface area contributed by atoms with Crippen molar-refractivity contribution >= 4 is 5.97 Å². The SMILES string of the molecule is CCCCCCCCCCCCCCCCCCCCCCCCN(CCCCCCCCCCCCCCCCCCCCCCCC)CC(=O)[O-].[Li+]. The van der Waals surface area contributed by atoms with Crippen LogP contribution in [0.2, 0.25) is 0 Å². The van der Waals surface area contributed by atoms with Crippen molar-refractivity contribution in [2.45, 2.75) is 296 Å². The standard InChI is InChI=1S/C50H101NO2.Li/c1-3-5-7-9-11-13-15-17-19-21-23-25-27-29-31-33-35-37-39-41-43-45-47-51(49-50(52)53)48-46-44-42-40-38-36-34-32-30-28-26-24-22-20-18-16-14-12-10-8-6-4-2;/h3-49H2,1-2H3,(H,52,53);/q;+1/p-1. The number of carboxylic acids is 1. The van der Waals surface area contributed by atoms with Crippen molar-refractivity contribution in [2.75, 3.05) is 19.6 Å². The zero-order chi connectivity index (χ0) is 38.4. The van der Waals surface area contributed by atoms with Gasteiger partial charge in [-0.1, -0.05) is 284 Å². The predicted molar refractivity (Wildman–Crippen MR) is 236 cm³/mol. The number of hydrogen-bond acceptors (Lipinski definition) is 3. The molecule has 0 N–H and O–H groups in total. The van der Waals surface area contributed by atoms with E-state index in [1.165, 1.54) is 270 Å². The Bertz CT molecular complexity index is 625. The Hall–Kier alpha value is 0.0274. The average Bonchev–Trinajstić information content (AvgIpc) is 3.15. The summed E-state index contributed by atoms with van der Waals surface area (Å²) in [6.45, 7) is 6.56. The second-order valence-electron chi connectivity index (χ2n) is 17.5. The molecule has 0 atom stereocenters. The van der Waals surface area contributed by atoms with Crippen LogP contribution in [-0.2, 0) is 4.79 Å². The Labute approximate surface area is 354 Å². The largest absolute Gasteiger partial charge is 1.00 e. The molecule has 0 aliphatic carbocycles. The Balaban J connectivity index is 0. The van der Waals surface area contributed by atoms with Crippen LogP contribution in [0.15, 0.2) is 0 Å². The van der Waals surface area contributed by atoms with E-state index in [-0.39, 0.29) is 25.4 Å². The Kier molecular flexibility index (Phi) is 53.1. The third-order valence-electron chi connectivity index (χ3n) is 12.0. The summed E-state index contributed by atoms with van der Waals surface area (Å²) in [5.41, 5.74) is 0. The summed E-state index contributed by atoms with van der Waals surface area (Å²) in [6.07, 6.45) is 61.8. The minimum absolute atomic E-state index is 0. The van der Waals surface area contributed by atoms with E-state index in [1.54, 1.807) is 0 Å². The molecule has 0 saturated carbocycles. The van der Waals surface area contributed by atoms with E-state index in [0.29, 0.717) is 0 Å². The first-order valence-electron chi connectivity index (χ1n) is 25.1. The van der Waals surface area contributed by atoms with Crippen LogP contribution < -0.4 is 24.0 Å². The molecule has 0 aromatic carbocycles.